The van der Waals surface area contributed by atoms with Gasteiger partial charge in [0.2, 0.25) is 0 Å². The molecule has 0 aliphatic rings. The third-order valence-electron chi connectivity index (χ3n) is 2.56. The zero-order valence-electron chi connectivity index (χ0n) is 9.91. The fourth-order valence-corrected chi connectivity index (χ4v) is 1.91. The summed E-state index contributed by atoms with van der Waals surface area (Å²) in [6.45, 7) is 5.90. The Morgan fingerprint density at radius 3 is 2.62 bits per heavy atom. The summed E-state index contributed by atoms with van der Waals surface area (Å²) in [7, 11) is 1.55. The second kappa shape index (κ2) is 3.77. The summed E-state index contributed by atoms with van der Waals surface area (Å²) in [5.41, 5.74) is 2.04. The van der Waals surface area contributed by atoms with Crippen LogP contribution in [0.3, 0.4) is 0 Å². The molecule has 0 aliphatic carbocycles. The molecule has 0 bridgehead atoms. The van der Waals surface area contributed by atoms with Crippen LogP contribution in [0.4, 0.5) is 4.39 Å². The maximum atomic E-state index is 13.7. The van der Waals surface area contributed by atoms with Crippen LogP contribution in [0.1, 0.15) is 25.5 Å². The zero-order chi connectivity index (χ0) is 11.9. The molecule has 2 aromatic rings. The molecule has 0 amide bonds. The molecule has 1 aromatic carbocycles. The highest BCUT2D eigenvalue weighted by molar-refractivity contribution is 5.78. The van der Waals surface area contributed by atoms with Crippen molar-refractivity contribution in [1.29, 1.82) is 0 Å². The number of fused-ring (bicyclic) bond motifs is 1. The van der Waals surface area contributed by atoms with E-state index in [1.807, 2.05) is 31.4 Å². The first-order valence-electron chi connectivity index (χ1n) is 5.26. The van der Waals surface area contributed by atoms with Crippen LogP contribution in [0.5, 0.6) is 6.01 Å². The van der Waals surface area contributed by atoms with Gasteiger partial charge in [-0.2, -0.15) is 4.98 Å². The standard InChI is InChI=1S/C12H15FN2O/c1-7(2)15-10-6-8(3)5-9(13)11(10)14-12(15)16-4/h5-7H,1-4H3. The van der Waals surface area contributed by atoms with Crippen molar-refractivity contribution in [1.82, 2.24) is 9.55 Å². The number of hydrogen-bond donors (Lipinski definition) is 0. The number of imidazole rings is 1. The van der Waals surface area contributed by atoms with E-state index in [1.54, 1.807) is 7.11 Å². The largest absolute Gasteiger partial charge is 0.468 e. The van der Waals surface area contributed by atoms with E-state index in [4.69, 9.17) is 4.74 Å². The molecule has 1 heterocycles. The van der Waals surface area contributed by atoms with Crippen LogP contribution in [-0.2, 0) is 0 Å². The molecule has 0 atom stereocenters. The molecular weight excluding hydrogens is 207 g/mol. The van der Waals surface area contributed by atoms with Crippen molar-refractivity contribution in [3.8, 4) is 6.01 Å². The van der Waals surface area contributed by atoms with Gasteiger partial charge >= 0.3 is 0 Å². The number of benzene rings is 1. The fourth-order valence-electron chi connectivity index (χ4n) is 1.91. The summed E-state index contributed by atoms with van der Waals surface area (Å²) in [6, 6.07) is 4.04. The number of halogens is 1. The molecule has 3 nitrogen and oxygen atoms in total. The summed E-state index contributed by atoms with van der Waals surface area (Å²) >= 11 is 0. The van der Waals surface area contributed by atoms with Crippen LogP contribution >= 0.6 is 0 Å². The second-order valence-electron chi connectivity index (χ2n) is 4.18. The van der Waals surface area contributed by atoms with E-state index in [0.717, 1.165) is 11.1 Å². The minimum absolute atomic E-state index is 0.182. The van der Waals surface area contributed by atoms with Gasteiger partial charge in [0.05, 0.1) is 12.6 Å². The van der Waals surface area contributed by atoms with Crippen LogP contribution in [0.25, 0.3) is 11.0 Å². The number of aryl methyl sites for hydroxylation is 1. The van der Waals surface area contributed by atoms with Crippen LogP contribution in [0, 0.1) is 12.7 Å². The zero-order valence-corrected chi connectivity index (χ0v) is 9.91. The molecule has 0 radical (unpaired) electrons. The van der Waals surface area contributed by atoms with Crippen molar-refractivity contribution >= 4 is 11.0 Å². The molecule has 0 saturated carbocycles. The first kappa shape index (κ1) is 10.9. The van der Waals surface area contributed by atoms with Crippen LogP contribution in [-0.4, -0.2) is 16.7 Å². The number of nitrogens with zero attached hydrogens (tertiary/aromatic N) is 2. The lowest BCUT2D eigenvalue weighted by Gasteiger charge is -2.11. The topological polar surface area (TPSA) is 27.1 Å². The molecule has 1 aromatic heterocycles. The lowest BCUT2D eigenvalue weighted by molar-refractivity contribution is 0.350. The van der Waals surface area contributed by atoms with Gasteiger partial charge in [0.1, 0.15) is 5.52 Å². The molecule has 0 N–H and O–H groups in total. The number of aromatic nitrogens is 2. The van der Waals surface area contributed by atoms with E-state index in [2.05, 4.69) is 4.98 Å². The summed E-state index contributed by atoms with van der Waals surface area (Å²) in [5, 5.41) is 0. The number of rotatable bonds is 2. The van der Waals surface area contributed by atoms with Gasteiger partial charge in [-0.25, -0.2) is 4.39 Å². The summed E-state index contributed by atoms with van der Waals surface area (Å²) in [5.74, 6) is -0.298. The lowest BCUT2D eigenvalue weighted by atomic mass is 10.2. The predicted molar refractivity (Wildman–Crippen MR) is 61.4 cm³/mol. The van der Waals surface area contributed by atoms with E-state index >= 15 is 0 Å². The maximum Gasteiger partial charge on any atom is 0.297 e. The number of methoxy groups -OCH3 is 1. The van der Waals surface area contributed by atoms with Crippen LogP contribution < -0.4 is 4.74 Å². The molecule has 0 fully saturated rings. The normalized spacial score (nSPS) is 11.4. The number of hydrogen-bond acceptors (Lipinski definition) is 2. The molecule has 86 valence electrons. The van der Waals surface area contributed by atoms with Crippen molar-refractivity contribution < 1.29 is 9.13 Å². The average molecular weight is 222 g/mol. The first-order chi connectivity index (χ1) is 7.54. The van der Waals surface area contributed by atoms with Crippen LogP contribution in [0.2, 0.25) is 0 Å². The van der Waals surface area contributed by atoms with Crippen LogP contribution in [0.15, 0.2) is 12.1 Å². The SMILES string of the molecule is COc1nc2c(F)cc(C)cc2n1C(C)C. The van der Waals surface area contributed by atoms with E-state index < -0.39 is 0 Å². The maximum absolute atomic E-state index is 13.7. The van der Waals surface area contributed by atoms with Gasteiger partial charge in [-0.1, -0.05) is 0 Å². The Balaban J connectivity index is 2.84. The van der Waals surface area contributed by atoms with E-state index in [9.17, 15) is 4.39 Å². The van der Waals surface area contributed by atoms with Gasteiger partial charge in [0, 0.05) is 6.04 Å². The summed E-state index contributed by atoms with van der Waals surface area (Å²) < 4.78 is 20.8. The Hall–Kier alpha value is -1.58. The average Bonchev–Trinajstić information content (AvgIpc) is 2.56. The van der Waals surface area contributed by atoms with Gasteiger partial charge < -0.3 is 4.74 Å². The highest BCUT2D eigenvalue weighted by atomic mass is 19.1. The summed E-state index contributed by atoms with van der Waals surface area (Å²) in [6.07, 6.45) is 0. The Labute approximate surface area is 93.9 Å². The Morgan fingerprint density at radius 1 is 1.38 bits per heavy atom. The molecular formula is C12H15FN2O. The van der Waals surface area contributed by atoms with Gasteiger partial charge in [-0.15, -0.1) is 0 Å². The van der Waals surface area contributed by atoms with Crippen molar-refractivity contribution in [3.63, 3.8) is 0 Å². The van der Waals surface area contributed by atoms with Gasteiger partial charge in [0.25, 0.3) is 6.01 Å². The molecule has 0 unspecified atom stereocenters. The predicted octanol–water partition coefficient (Wildman–Crippen LogP) is 3.07. The molecule has 0 spiro atoms. The Bertz CT molecular complexity index is 531. The highest BCUT2D eigenvalue weighted by Gasteiger charge is 2.16. The monoisotopic (exact) mass is 222 g/mol. The third kappa shape index (κ3) is 1.54. The Morgan fingerprint density at radius 2 is 2.06 bits per heavy atom. The van der Waals surface area contributed by atoms with Crippen molar-refractivity contribution in [3.05, 3.63) is 23.5 Å². The lowest BCUT2D eigenvalue weighted by Crippen LogP contribution is -2.03. The van der Waals surface area contributed by atoms with Crippen molar-refractivity contribution in [2.75, 3.05) is 7.11 Å². The fraction of sp³-hybridized carbons (Fsp3) is 0.417. The van der Waals surface area contributed by atoms with Gasteiger partial charge in [-0.3, -0.25) is 4.57 Å². The molecule has 4 heteroatoms. The number of ether oxygens (including phenoxy) is 1. The quantitative estimate of drug-likeness (QED) is 0.780. The second-order valence-corrected chi connectivity index (χ2v) is 4.18. The van der Waals surface area contributed by atoms with E-state index in [1.165, 1.54) is 6.07 Å². The highest BCUT2D eigenvalue weighted by Crippen LogP contribution is 2.28. The molecule has 16 heavy (non-hydrogen) atoms. The molecule has 0 saturated heterocycles. The van der Waals surface area contributed by atoms with E-state index in [-0.39, 0.29) is 11.9 Å². The van der Waals surface area contributed by atoms with Crippen molar-refractivity contribution in [2.24, 2.45) is 0 Å². The summed E-state index contributed by atoms with van der Waals surface area (Å²) in [4.78, 5) is 4.16. The molecule has 0 aliphatic heterocycles. The van der Waals surface area contributed by atoms with Crippen molar-refractivity contribution in [2.45, 2.75) is 26.8 Å². The molecule has 2 rings (SSSR count). The van der Waals surface area contributed by atoms with E-state index in [0.29, 0.717) is 11.5 Å². The van der Waals surface area contributed by atoms with Gasteiger partial charge in [-0.05, 0) is 38.5 Å². The van der Waals surface area contributed by atoms with Gasteiger partial charge in [0.15, 0.2) is 5.82 Å². The Kier molecular flexibility index (Phi) is 2.58. The first-order valence-corrected chi connectivity index (χ1v) is 5.26. The smallest absolute Gasteiger partial charge is 0.297 e. The third-order valence-corrected chi connectivity index (χ3v) is 2.56. The minimum Gasteiger partial charge on any atom is -0.468 e. The minimum atomic E-state index is -0.298.